The highest BCUT2D eigenvalue weighted by Crippen LogP contribution is 2.03. The maximum atomic E-state index is 11.7. The molecule has 7 nitrogen and oxygen atoms in total. The Labute approximate surface area is 123 Å². The van der Waals surface area contributed by atoms with Crippen molar-refractivity contribution in [2.24, 2.45) is 0 Å². The molecule has 0 aliphatic carbocycles. The summed E-state index contributed by atoms with van der Waals surface area (Å²) < 4.78 is 5.28. The molecular weight excluding hydrogens is 272 g/mol. The molecule has 2 rings (SSSR count). The number of ether oxygens (including phenoxy) is 1. The van der Waals surface area contributed by atoms with Crippen LogP contribution in [0.5, 0.6) is 0 Å². The van der Waals surface area contributed by atoms with E-state index in [0.717, 1.165) is 6.54 Å². The molecule has 1 aromatic rings. The molecule has 0 saturated carbocycles. The predicted molar refractivity (Wildman–Crippen MR) is 77.7 cm³/mol. The first-order valence-electron chi connectivity index (χ1n) is 7.02. The van der Waals surface area contributed by atoms with E-state index in [1.54, 1.807) is 24.5 Å². The van der Waals surface area contributed by atoms with Crippen molar-refractivity contribution >= 4 is 17.5 Å². The van der Waals surface area contributed by atoms with Crippen molar-refractivity contribution in [3.63, 3.8) is 0 Å². The Kier molecular flexibility index (Phi) is 6.11. The molecule has 0 bridgehead atoms. The van der Waals surface area contributed by atoms with Gasteiger partial charge in [0, 0.05) is 38.2 Å². The summed E-state index contributed by atoms with van der Waals surface area (Å²) in [5.41, 5.74) is 0.650. The van der Waals surface area contributed by atoms with Gasteiger partial charge in [0.2, 0.25) is 11.8 Å². The highest BCUT2D eigenvalue weighted by atomic mass is 16.5. The first-order valence-corrected chi connectivity index (χ1v) is 7.02. The molecule has 1 unspecified atom stereocenters. The molecule has 7 heteroatoms. The first kappa shape index (κ1) is 15.4. The molecule has 1 saturated heterocycles. The van der Waals surface area contributed by atoms with Crippen LogP contribution in [-0.2, 0) is 14.3 Å². The lowest BCUT2D eigenvalue weighted by Gasteiger charge is -2.23. The summed E-state index contributed by atoms with van der Waals surface area (Å²) in [6.07, 6.45) is 3.81. The molecule has 21 heavy (non-hydrogen) atoms. The van der Waals surface area contributed by atoms with Gasteiger partial charge in [-0.1, -0.05) is 0 Å². The van der Waals surface area contributed by atoms with E-state index in [2.05, 4.69) is 20.9 Å². The fourth-order valence-electron chi connectivity index (χ4n) is 2.02. The topological polar surface area (TPSA) is 92.4 Å². The molecule has 114 valence electrons. The van der Waals surface area contributed by atoms with E-state index < -0.39 is 0 Å². The van der Waals surface area contributed by atoms with Crippen molar-refractivity contribution in [1.82, 2.24) is 15.6 Å². The summed E-state index contributed by atoms with van der Waals surface area (Å²) in [4.78, 5) is 27.3. The molecule has 2 amide bonds. The summed E-state index contributed by atoms with van der Waals surface area (Å²) in [7, 11) is 0. The average molecular weight is 292 g/mol. The smallest absolute Gasteiger partial charge is 0.226 e. The van der Waals surface area contributed by atoms with Gasteiger partial charge in [-0.2, -0.15) is 0 Å². The number of amides is 2. The van der Waals surface area contributed by atoms with Crippen LogP contribution in [-0.4, -0.2) is 49.1 Å². The molecule has 1 atom stereocenters. The zero-order valence-electron chi connectivity index (χ0n) is 11.8. The van der Waals surface area contributed by atoms with E-state index in [0.29, 0.717) is 31.9 Å². The third kappa shape index (κ3) is 5.88. The lowest BCUT2D eigenvalue weighted by atomic mass is 10.2. The summed E-state index contributed by atoms with van der Waals surface area (Å²) >= 11 is 0. The minimum Gasteiger partial charge on any atom is -0.378 e. The van der Waals surface area contributed by atoms with Gasteiger partial charge in [-0.3, -0.25) is 14.6 Å². The van der Waals surface area contributed by atoms with Crippen molar-refractivity contribution in [3.8, 4) is 0 Å². The van der Waals surface area contributed by atoms with Gasteiger partial charge in [0.1, 0.15) is 0 Å². The van der Waals surface area contributed by atoms with Crippen molar-refractivity contribution in [2.75, 3.05) is 31.6 Å². The minimum atomic E-state index is -0.151. The largest absolute Gasteiger partial charge is 0.378 e. The van der Waals surface area contributed by atoms with Crippen LogP contribution in [0.1, 0.15) is 12.8 Å². The van der Waals surface area contributed by atoms with Crippen molar-refractivity contribution < 1.29 is 14.3 Å². The van der Waals surface area contributed by atoms with E-state index in [9.17, 15) is 9.59 Å². The number of hydrogen-bond donors (Lipinski definition) is 3. The molecule has 1 aliphatic rings. The Bertz CT molecular complexity index is 461. The van der Waals surface area contributed by atoms with Crippen LogP contribution in [0.15, 0.2) is 24.5 Å². The predicted octanol–water partition coefficient (Wildman–Crippen LogP) is -0.0951. The van der Waals surface area contributed by atoms with Gasteiger partial charge in [-0.05, 0) is 12.1 Å². The van der Waals surface area contributed by atoms with E-state index >= 15 is 0 Å². The van der Waals surface area contributed by atoms with E-state index in [1.165, 1.54) is 0 Å². The van der Waals surface area contributed by atoms with Gasteiger partial charge >= 0.3 is 0 Å². The molecule has 3 N–H and O–H groups in total. The number of carbonyl (C=O) groups excluding carboxylic acids is 2. The van der Waals surface area contributed by atoms with E-state index in [1.807, 2.05) is 0 Å². The zero-order chi connectivity index (χ0) is 14.9. The SMILES string of the molecule is O=C(CC1COCCN1)NCCC(=O)Nc1cccnc1. The second kappa shape index (κ2) is 8.33. The number of nitrogens with zero attached hydrogens (tertiary/aromatic N) is 1. The van der Waals surface area contributed by atoms with Crippen molar-refractivity contribution in [3.05, 3.63) is 24.5 Å². The van der Waals surface area contributed by atoms with Gasteiger partial charge in [-0.15, -0.1) is 0 Å². The molecule has 1 aromatic heterocycles. The summed E-state index contributed by atoms with van der Waals surface area (Å²) in [6.45, 7) is 2.32. The van der Waals surface area contributed by atoms with Crippen LogP contribution in [0, 0.1) is 0 Å². The molecule has 0 radical (unpaired) electrons. The third-order valence-corrected chi connectivity index (χ3v) is 3.05. The summed E-state index contributed by atoms with van der Waals surface area (Å²) in [5, 5.41) is 8.66. The number of rotatable bonds is 6. The van der Waals surface area contributed by atoms with Gasteiger partial charge in [0.05, 0.1) is 25.1 Å². The second-order valence-corrected chi connectivity index (χ2v) is 4.82. The highest BCUT2D eigenvalue weighted by molar-refractivity contribution is 5.90. The maximum absolute atomic E-state index is 11.7. The Balaban J connectivity index is 1.60. The van der Waals surface area contributed by atoms with Crippen LogP contribution < -0.4 is 16.0 Å². The molecule has 1 aliphatic heterocycles. The Morgan fingerprint density at radius 2 is 2.33 bits per heavy atom. The number of pyridine rings is 1. The van der Waals surface area contributed by atoms with Crippen LogP contribution in [0.25, 0.3) is 0 Å². The highest BCUT2D eigenvalue weighted by Gasteiger charge is 2.16. The third-order valence-electron chi connectivity index (χ3n) is 3.05. The molecule has 0 spiro atoms. The lowest BCUT2D eigenvalue weighted by molar-refractivity contribution is -0.122. The lowest BCUT2D eigenvalue weighted by Crippen LogP contribution is -2.44. The van der Waals surface area contributed by atoms with Gasteiger partial charge in [-0.25, -0.2) is 0 Å². The van der Waals surface area contributed by atoms with Crippen LogP contribution in [0.2, 0.25) is 0 Å². The number of carbonyl (C=O) groups is 2. The van der Waals surface area contributed by atoms with Gasteiger partial charge in [0.15, 0.2) is 0 Å². The standard InChI is InChI=1S/C14H20N4O3/c19-13(18-11-2-1-4-15-9-11)3-5-17-14(20)8-12-10-21-7-6-16-12/h1-2,4,9,12,16H,3,5-8,10H2,(H,17,20)(H,18,19). The van der Waals surface area contributed by atoms with E-state index in [4.69, 9.17) is 4.74 Å². The van der Waals surface area contributed by atoms with Gasteiger partial charge in [0.25, 0.3) is 0 Å². The number of anilines is 1. The maximum Gasteiger partial charge on any atom is 0.226 e. The van der Waals surface area contributed by atoms with Crippen molar-refractivity contribution in [1.29, 1.82) is 0 Å². The minimum absolute atomic E-state index is 0.0583. The molecular formula is C14H20N4O3. The Hall–Kier alpha value is -1.99. The molecule has 2 heterocycles. The van der Waals surface area contributed by atoms with E-state index in [-0.39, 0.29) is 24.3 Å². The van der Waals surface area contributed by atoms with Crippen LogP contribution in [0.4, 0.5) is 5.69 Å². The average Bonchev–Trinajstić information content (AvgIpc) is 2.49. The second-order valence-electron chi connectivity index (χ2n) is 4.82. The fourth-order valence-corrected chi connectivity index (χ4v) is 2.02. The first-order chi connectivity index (χ1) is 10.2. The molecule has 1 fully saturated rings. The number of nitrogens with one attached hydrogen (secondary N) is 3. The molecule has 0 aromatic carbocycles. The summed E-state index contributed by atoms with van der Waals surface area (Å²) in [6, 6.07) is 3.57. The Morgan fingerprint density at radius 3 is 3.05 bits per heavy atom. The zero-order valence-corrected chi connectivity index (χ0v) is 11.8. The number of morpholine rings is 1. The quantitative estimate of drug-likeness (QED) is 0.681. The van der Waals surface area contributed by atoms with Crippen LogP contribution >= 0.6 is 0 Å². The fraction of sp³-hybridized carbons (Fsp3) is 0.500. The van der Waals surface area contributed by atoms with Gasteiger partial charge < -0.3 is 20.7 Å². The monoisotopic (exact) mass is 292 g/mol. The number of hydrogen-bond acceptors (Lipinski definition) is 5. The Morgan fingerprint density at radius 1 is 1.43 bits per heavy atom. The summed E-state index contributed by atoms with van der Waals surface area (Å²) in [5.74, 6) is -0.227. The van der Waals surface area contributed by atoms with Crippen molar-refractivity contribution in [2.45, 2.75) is 18.9 Å². The van der Waals surface area contributed by atoms with Crippen LogP contribution in [0.3, 0.4) is 0 Å². The number of aromatic nitrogens is 1. The normalized spacial score (nSPS) is 18.0.